The Morgan fingerprint density at radius 1 is 1.37 bits per heavy atom. The molecule has 0 atom stereocenters. The molecule has 0 bridgehead atoms. The maximum absolute atomic E-state index is 8.68. The molecular weight excluding hydrogens is 238 g/mol. The van der Waals surface area contributed by atoms with E-state index >= 15 is 0 Å². The van der Waals surface area contributed by atoms with Gasteiger partial charge in [-0.05, 0) is 48.9 Å². The first-order valence-corrected chi connectivity index (χ1v) is 7.02. The summed E-state index contributed by atoms with van der Waals surface area (Å²) in [4.78, 5) is 2.21. The van der Waals surface area contributed by atoms with Crippen molar-refractivity contribution in [2.45, 2.75) is 39.2 Å². The van der Waals surface area contributed by atoms with Gasteiger partial charge in [0.15, 0.2) is 5.84 Å². The molecule has 1 aromatic carbocycles. The standard InChI is InChI=1S/C15H23N3O/c1-2-8-18(11-15(16)17-19)10-12-6-7-13-4-3-5-14(13)9-12/h6-7,9,19H,2-5,8,10-11H2,1H3,(H2,16,17). The fourth-order valence-corrected chi connectivity index (χ4v) is 2.77. The second kappa shape index (κ2) is 6.57. The molecule has 0 aromatic heterocycles. The van der Waals surface area contributed by atoms with Gasteiger partial charge >= 0.3 is 0 Å². The van der Waals surface area contributed by atoms with Crippen molar-refractivity contribution in [2.24, 2.45) is 10.9 Å². The van der Waals surface area contributed by atoms with E-state index in [1.807, 2.05) is 0 Å². The molecule has 1 aromatic rings. The molecule has 0 saturated carbocycles. The van der Waals surface area contributed by atoms with Crippen molar-refractivity contribution in [3.63, 3.8) is 0 Å². The summed E-state index contributed by atoms with van der Waals surface area (Å²) in [7, 11) is 0. The molecule has 3 N–H and O–H groups in total. The number of oxime groups is 1. The van der Waals surface area contributed by atoms with Crippen LogP contribution < -0.4 is 5.73 Å². The van der Waals surface area contributed by atoms with Gasteiger partial charge < -0.3 is 10.9 Å². The van der Waals surface area contributed by atoms with Crippen LogP contribution in [-0.2, 0) is 19.4 Å². The van der Waals surface area contributed by atoms with E-state index in [2.05, 4.69) is 35.2 Å². The number of hydrogen-bond donors (Lipinski definition) is 2. The Morgan fingerprint density at radius 2 is 2.16 bits per heavy atom. The Bertz CT molecular complexity index is 457. The zero-order valence-corrected chi connectivity index (χ0v) is 11.6. The minimum absolute atomic E-state index is 0.273. The number of fused-ring (bicyclic) bond motifs is 1. The van der Waals surface area contributed by atoms with Gasteiger partial charge in [-0.1, -0.05) is 30.3 Å². The smallest absolute Gasteiger partial charge is 0.153 e. The molecule has 0 radical (unpaired) electrons. The summed E-state index contributed by atoms with van der Waals surface area (Å²) in [5.74, 6) is 0.273. The van der Waals surface area contributed by atoms with Crippen LogP contribution in [0, 0.1) is 0 Å². The second-order valence-electron chi connectivity index (χ2n) is 5.26. The topological polar surface area (TPSA) is 61.8 Å². The Kier molecular flexibility index (Phi) is 4.80. The van der Waals surface area contributed by atoms with Gasteiger partial charge in [-0.2, -0.15) is 0 Å². The van der Waals surface area contributed by atoms with E-state index in [0.29, 0.717) is 6.54 Å². The molecule has 19 heavy (non-hydrogen) atoms. The lowest BCUT2D eigenvalue weighted by Crippen LogP contribution is -2.34. The second-order valence-corrected chi connectivity index (χ2v) is 5.26. The number of aryl methyl sites for hydroxylation is 2. The van der Waals surface area contributed by atoms with E-state index in [0.717, 1.165) is 19.5 Å². The molecule has 104 valence electrons. The van der Waals surface area contributed by atoms with Gasteiger partial charge in [-0.15, -0.1) is 0 Å². The van der Waals surface area contributed by atoms with Gasteiger partial charge in [-0.3, -0.25) is 4.90 Å². The van der Waals surface area contributed by atoms with Crippen LogP contribution in [0.1, 0.15) is 36.5 Å². The molecular formula is C15H23N3O. The van der Waals surface area contributed by atoms with Crippen molar-refractivity contribution >= 4 is 5.84 Å². The van der Waals surface area contributed by atoms with E-state index in [-0.39, 0.29) is 5.84 Å². The van der Waals surface area contributed by atoms with Gasteiger partial charge in [0, 0.05) is 6.54 Å². The minimum Gasteiger partial charge on any atom is -0.409 e. The van der Waals surface area contributed by atoms with Crippen LogP contribution in [-0.4, -0.2) is 29.0 Å². The van der Waals surface area contributed by atoms with Crippen LogP contribution in [0.5, 0.6) is 0 Å². The maximum atomic E-state index is 8.68. The number of rotatable bonds is 6. The van der Waals surface area contributed by atoms with E-state index in [1.54, 1.807) is 0 Å². The monoisotopic (exact) mass is 261 g/mol. The van der Waals surface area contributed by atoms with Crippen molar-refractivity contribution in [2.75, 3.05) is 13.1 Å². The molecule has 0 heterocycles. The Labute approximate surface area is 114 Å². The van der Waals surface area contributed by atoms with Crippen molar-refractivity contribution < 1.29 is 5.21 Å². The van der Waals surface area contributed by atoms with E-state index in [9.17, 15) is 0 Å². The molecule has 4 heteroatoms. The summed E-state index contributed by atoms with van der Waals surface area (Å²) in [6.07, 6.45) is 4.76. The lowest BCUT2D eigenvalue weighted by Gasteiger charge is -2.21. The minimum atomic E-state index is 0.273. The summed E-state index contributed by atoms with van der Waals surface area (Å²) in [5.41, 5.74) is 9.93. The van der Waals surface area contributed by atoms with E-state index < -0.39 is 0 Å². The van der Waals surface area contributed by atoms with E-state index in [1.165, 1.54) is 36.0 Å². The van der Waals surface area contributed by atoms with Crippen LogP contribution in [0.25, 0.3) is 0 Å². The molecule has 2 rings (SSSR count). The van der Waals surface area contributed by atoms with Crippen molar-refractivity contribution in [3.05, 3.63) is 34.9 Å². The molecule has 4 nitrogen and oxygen atoms in total. The average Bonchev–Trinajstić information content (AvgIpc) is 2.86. The third-order valence-corrected chi connectivity index (χ3v) is 3.62. The predicted molar refractivity (Wildman–Crippen MR) is 77.4 cm³/mol. The van der Waals surface area contributed by atoms with Gasteiger partial charge in [-0.25, -0.2) is 0 Å². The first-order valence-electron chi connectivity index (χ1n) is 7.02. The molecule has 0 aliphatic heterocycles. The first-order chi connectivity index (χ1) is 9.22. The predicted octanol–water partition coefficient (Wildman–Crippen LogP) is 2.13. The molecule has 0 fully saturated rings. The lowest BCUT2D eigenvalue weighted by atomic mass is 10.1. The highest BCUT2D eigenvalue weighted by molar-refractivity contribution is 5.81. The lowest BCUT2D eigenvalue weighted by molar-refractivity contribution is 0.286. The zero-order valence-electron chi connectivity index (χ0n) is 11.6. The summed E-state index contributed by atoms with van der Waals surface area (Å²) in [6.45, 7) is 4.47. The highest BCUT2D eigenvalue weighted by Crippen LogP contribution is 2.23. The van der Waals surface area contributed by atoms with Crippen molar-refractivity contribution in [1.29, 1.82) is 0 Å². The summed E-state index contributed by atoms with van der Waals surface area (Å²) < 4.78 is 0. The molecule has 0 spiro atoms. The van der Waals surface area contributed by atoms with Crippen LogP contribution in [0.2, 0.25) is 0 Å². The normalized spacial score (nSPS) is 14.9. The quantitative estimate of drug-likeness (QED) is 0.357. The largest absolute Gasteiger partial charge is 0.409 e. The Balaban J connectivity index is 2.04. The van der Waals surface area contributed by atoms with Crippen LogP contribution in [0.4, 0.5) is 0 Å². The Hall–Kier alpha value is -1.55. The van der Waals surface area contributed by atoms with Crippen molar-refractivity contribution in [1.82, 2.24) is 4.90 Å². The van der Waals surface area contributed by atoms with Gasteiger partial charge in [0.25, 0.3) is 0 Å². The SMILES string of the molecule is CCCN(CC(N)=NO)Cc1ccc2c(c1)CCC2. The number of hydrogen-bond acceptors (Lipinski definition) is 3. The average molecular weight is 261 g/mol. The number of nitrogens with zero attached hydrogens (tertiary/aromatic N) is 2. The molecule has 0 amide bonds. The number of nitrogens with two attached hydrogens (primary N) is 1. The number of benzene rings is 1. The van der Waals surface area contributed by atoms with Gasteiger partial charge in [0.1, 0.15) is 0 Å². The summed E-state index contributed by atoms with van der Waals surface area (Å²) >= 11 is 0. The Morgan fingerprint density at radius 3 is 2.89 bits per heavy atom. The van der Waals surface area contributed by atoms with Gasteiger partial charge in [0.2, 0.25) is 0 Å². The third-order valence-electron chi connectivity index (χ3n) is 3.62. The van der Waals surface area contributed by atoms with Crippen molar-refractivity contribution in [3.8, 4) is 0 Å². The number of amidine groups is 1. The molecule has 0 unspecified atom stereocenters. The fraction of sp³-hybridized carbons (Fsp3) is 0.533. The van der Waals surface area contributed by atoms with Crippen LogP contribution in [0.15, 0.2) is 23.4 Å². The third kappa shape index (κ3) is 3.70. The summed E-state index contributed by atoms with van der Waals surface area (Å²) in [5, 5.41) is 11.7. The van der Waals surface area contributed by atoms with Crippen LogP contribution in [0.3, 0.4) is 0 Å². The maximum Gasteiger partial charge on any atom is 0.153 e. The van der Waals surface area contributed by atoms with Gasteiger partial charge in [0.05, 0.1) is 6.54 Å². The molecule has 1 aliphatic carbocycles. The molecule has 1 aliphatic rings. The summed E-state index contributed by atoms with van der Waals surface area (Å²) in [6, 6.07) is 6.78. The van der Waals surface area contributed by atoms with Crippen LogP contribution >= 0.6 is 0 Å². The first kappa shape index (κ1) is 13.9. The molecule has 0 saturated heterocycles. The fourth-order valence-electron chi connectivity index (χ4n) is 2.77. The zero-order chi connectivity index (χ0) is 13.7. The highest BCUT2D eigenvalue weighted by Gasteiger charge is 2.13. The highest BCUT2D eigenvalue weighted by atomic mass is 16.4. The van der Waals surface area contributed by atoms with E-state index in [4.69, 9.17) is 10.9 Å².